The van der Waals surface area contributed by atoms with E-state index in [1.807, 2.05) is 24.3 Å². The van der Waals surface area contributed by atoms with Crippen molar-refractivity contribution in [2.75, 3.05) is 11.9 Å². The normalized spacial score (nSPS) is 10.2. The molecule has 0 aliphatic rings. The Balaban J connectivity index is 1.79. The number of para-hydroxylation sites is 1. The summed E-state index contributed by atoms with van der Waals surface area (Å²) in [7, 11) is 1.58. The van der Waals surface area contributed by atoms with Gasteiger partial charge in [0.2, 0.25) is 5.78 Å². The van der Waals surface area contributed by atoms with Gasteiger partial charge in [-0.3, -0.25) is 14.5 Å². The van der Waals surface area contributed by atoms with Gasteiger partial charge >= 0.3 is 6.09 Å². The molecule has 0 aliphatic heterocycles. The van der Waals surface area contributed by atoms with E-state index in [4.69, 9.17) is 4.84 Å². The maximum absolute atomic E-state index is 12.5. The van der Waals surface area contributed by atoms with Crippen molar-refractivity contribution in [3.63, 3.8) is 0 Å². The molecule has 0 unspecified atom stereocenters. The van der Waals surface area contributed by atoms with Gasteiger partial charge in [0.15, 0.2) is 5.69 Å². The first kappa shape index (κ1) is 15.5. The molecule has 6 nitrogen and oxygen atoms in total. The Kier molecular flexibility index (Phi) is 4.38. The SMILES string of the molecule is CN(C(=O)On1nccc1C(=O)c1ccccc1)c1ccccc1. The third-order valence-corrected chi connectivity index (χ3v) is 3.46. The van der Waals surface area contributed by atoms with Crippen LogP contribution in [0.2, 0.25) is 0 Å². The molecule has 1 heterocycles. The molecule has 1 amide bonds. The first-order chi connectivity index (χ1) is 11.7. The number of benzene rings is 2. The van der Waals surface area contributed by atoms with Crippen molar-refractivity contribution in [3.8, 4) is 0 Å². The summed E-state index contributed by atoms with van der Waals surface area (Å²) in [6.07, 6.45) is 0.762. The average molecular weight is 321 g/mol. The van der Waals surface area contributed by atoms with Crippen molar-refractivity contribution < 1.29 is 14.4 Å². The minimum atomic E-state index is -0.646. The zero-order valence-corrected chi connectivity index (χ0v) is 13.0. The molecule has 0 aliphatic carbocycles. The van der Waals surface area contributed by atoms with Gasteiger partial charge in [0.25, 0.3) is 0 Å². The second-order valence-corrected chi connectivity index (χ2v) is 5.04. The van der Waals surface area contributed by atoms with Crippen LogP contribution in [0, 0.1) is 0 Å². The zero-order valence-electron chi connectivity index (χ0n) is 13.0. The van der Waals surface area contributed by atoms with Gasteiger partial charge in [-0.2, -0.15) is 0 Å². The van der Waals surface area contributed by atoms with Gasteiger partial charge in [-0.05, 0) is 18.2 Å². The highest BCUT2D eigenvalue weighted by Gasteiger charge is 2.19. The molecule has 6 heteroatoms. The summed E-state index contributed by atoms with van der Waals surface area (Å²) in [6, 6.07) is 19.3. The van der Waals surface area contributed by atoms with E-state index in [-0.39, 0.29) is 11.5 Å². The molecular weight excluding hydrogens is 306 g/mol. The molecule has 0 bridgehead atoms. The average Bonchev–Trinajstić information content (AvgIpc) is 3.10. The number of hydrogen-bond acceptors (Lipinski definition) is 4. The summed E-state index contributed by atoms with van der Waals surface area (Å²) in [5, 5.41) is 3.90. The number of amides is 1. The van der Waals surface area contributed by atoms with Gasteiger partial charge in [0, 0.05) is 18.3 Å². The van der Waals surface area contributed by atoms with E-state index >= 15 is 0 Å². The Morgan fingerprint density at radius 1 is 0.958 bits per heavy atom. The highest BCUT2D eigenvalue weighted by molar-refractivity contribution is 6.07. The molecule has 0 saturated carbocycles. The molecule has 1 aromatic heterocycles. The highest BCUT2D eigenvalue weighted by Crippen LogP contribution is 2.12. The quantitative estimate of drug-likeness (QED) is 0.693. The molecule has 0 saturated heterocycles. The second-order valence-electron chi connectivity index (χ2n) is 5.04. The number of carbonyl (C=O) groups is 2. The molecule has 3 aromatic rings. The molecule has 2 aromatic carbocycles. The first-order valence-corrected chi connectivity index (χ1v) is 7.31. The van der Waals surface area contributed by atoms with Crippen LogP contribution in [0.5, 0.6) is 0 Å². The van der Waals surface area contributed by atoms with E-state index in [9.17, 15) is 9.59 Å². The van der Waals surface area contributed by atoms with Crippen LogP contribution in [0.1, 0.15) is 16.1 Å². The number of nitrogens with zero attached hydrogens (tertiary/aromatic N) is 3. The monoisotopic (exact) mass is 321 g/mol. The smallest absolute Gasteiger partial charge is 0.298 e. The van der Waals surface area contributed by atoms with Crippen LogP contribution in [-0.4, -0.2) is 28.9 Å². The van der Waals surface area contributed by atoms with Crippen LogP contribution in [0.25, 0.3) is 0 Å². The van der Waals surface area contributed by atoms with Gasteiger partial charge in [-0.1, -0.05) is 53.4 Å². The van der Waals surface area contributed by atoms with E-state index < -0.39 is 6.09 Å². The van der Waals surface area contributed by atoms with Crippen LogP contribution < -0.4 is 9.74 Å². The number of aromatic nitrogens is 2. The van der Waals surface area contributed by atoms with E-state index in [0.717, 1.165) is 4.85 Å². The molecule has 0 atom stereocenters. The lowest BCUT2D eigenvalue weighted by molar-refractivity contribution is 0.0947. The summed E-state index contributed by atoms with van der Waals surface area (Å²) in [6.45, 7) is 0. The van der Waals surface area contributed by atoms with Gasteiger partial charge in [-0.15, -0.1) is 5.10 Å². The summed E-state index contributed by atoms with van der Waals surface area (Å²) >= 11 is 0. The van der Waals surface area contributed by atoms with Crippen LogP contribution >= 0.6 is 0 Å². The lowest BCUT2D eigenvalue weighted by Gasteiger charge is -2.16. The second kappa shape index (κ2) is 6.78. The van der Waals surface area contributed by atoms with Gasteiger partial charge in [0.1, 0.15) is 0 Å². The van der Waals surface area contributed by atoms with Crippen LogP contribution in [0.15, 0.2) is 72.9 Å². The number of carbonyl (C=O) groups excluding carboxylic acids is 2. The molecule has 120 valence electrons. The lowest BCUT2D eigenvalue weighted by atomic mass is 10.1. The Hall–Kier alpha value is -3.41. The Labute approximate surface area is 138 Å². The largest absolute Gasteiger partial charge is 0.440 e. The fourth-order valence-electron chi connectivity index (χ4n) is 2.16. The molecule has 0 spiro atoms. The van der Waals surface area contributed by atoms with Gasteiger partial charge < -0.3 is 0 Å². The van der Waals surface area contributed by atoms with E-state index in [0.29, 0.717) is 11.3 Å². The molecule has 0 radical (unpaired) electrons. The zero-order chi connectivity index (χ0) is 16.9. The van der Waals surface area contributed by atoms with Crippen molar-refractivity contribution in [1.82, 2.24) is 9.94 Å². The molecular formula is C18H15N3O3. The summed E-state index contributed by atoms with van der Waals surface area (Å²) in [5.74, 6) is -0.275. The standard InChI is InChI=1S/C18H15N3O3/c1-20(15-10-6-3-7-11-15)18(23)24-21-16(12-13-19-21)17(22)14-8-4-2-5-9-14/h2-13H,1H3. The first-order valence-electron chi connectivity index (χ1n) is 7.31. The minimum Gasteiger partial charge on any atom is -0.298 e. The Morgan fingerprint density at radius 3 is 2.25 bits per heavy atom. The van der Waals surface area contributed by atoms with Crippen molar-refractivity contribution >= 4 is 17.6 Å². The van der Waals surface area contributed by atoms with E-state index in [2.05, 4.69) is 5.10 Å². The number of rotatable bonds is 4. The summed E-state index contributed by atoms with van der Waals surface area (Å²) in [4.78, 5) is 32.2. The fraction of sp³-hybridized carbons (Fsp3) is 0.0556. The number of ketones is 1. The number of hydrogen-bond donors (Lipinski definition) is 0. The predicted molar refractivity (Wildman–Crippen MR) is 88.9 cm³/mol. The molecule has 24 heavy (non-hydrogen) atoms. The van der Waals surface area contributed by atoms with E-state index in [1.54, 1.807) is 43.4 Å². The lowest BCUT2D eigenvalue weighted by Crippen LogP contribution is -2.35. The molecule has 0 fully saturated rings. The molecule has 0 N–H and O–H groups in total. The summed E-state index contributed by atoms with van der Waals surface area (Å²) in [5.41, 5.74) is 1.34. The molecule has 3 rings (SSSR count). The minimum absolute atomic E-state index is 0.177. The fourth-order valence-corrected chi connectivity index (χ4v) is 2.16. The van der Waals surface area contributed by atoms with Crippen molar-refractivity contribution in [3.05, 3.63) is 84.2 Å². The third kappa shape index (κ3) is 3.17. The summed E-state index contributed by atoms with van der Waals surface area (Å²) < 4.78 is 0. The third-order valence-electron chi connectivity index (χ3n) is 3.46. The van der Waals surface area contributed by atoms with Crippen LogP contribution in [0.3, 0.4) is 0 Å². The van der Waals surface area contributed by atoms with Crippen LogP contribution in [0.4, 0.5) is 10.5 Å². The Bertz CT molecular complexity index is 844. The predicted octanol–water partition coefficient (Wildman–Crippen LogP) is 2.80. The topological polar surface area (TPSA) is 64.4 Å². The maximum Gasteiger partial charge on any atom is 0.440 e. The van der Waals surface area contributed by atoms with Gasteiger partial charge in [-0.25, -0.2) is 4.79 Å². The number of anilines is 1. The van der Waals surface area contributed by atoms with Crippen LogP contribution in [-0.2, 0) is 0 Å². The van der Waals surface area contributed by atoms with E-state index in [1.165, 1.54) is 17.2 Å². The maximum atomic E-state index is 12.5. The van der Waals surface area contributed by atoms with Crippen molar-refractivity contribution in [1.29, 1.82) is 0 Å². The van der Waals surface area contributed by atoms with Crippen molar-refractivity contribution in [2.24, 2.45) is 0 Å². The van der Waals surface area contributed by atoms with Crippen molar-refractivity contribution in [2.45, 2.75) is 0 Å². The Morgan fingerprint density at radius 2 is 1.58 bits per heavy atom. The highest BCUT2D eigenvalue weighted by atomic mass is 16.7. The van der Waals surface area contributed by atoms with Gasteiger partial charge in [0.05, 0.1) is 6.20 Å².